The van der Waals surface area contributed by atoms with Crippen LogP contribution in [0.15, 0.2) is 36.8 Å². The van der Waals surface area contributed by atoms with Crippen molar-refractivity contribution in [1.82, 2.24) is 29.5 Å². The lowest BCUT2D eigenvalue weighted by molar-refractivity contribution is 0.216. The number of imidazole rings is 1. The molecule has 3 unspecified atom stereocenters. The molecule has 0 spiro atoms. The van der Waals surface area contributed by atoms with Crippen LogP contribution in [0.5, 0.6) is 0 Å². The fourth-order valence-corrected chi connectivity index (χ4v) is 5.73. The van der Waals surface area contributed by atoms with Gasteiger partial charge in [0.2, 0.25) is 5.95 Å². The number of anilines is 4. The van der Waals surface area contributed by atoms with Gasteiger partial charge in [-0.15, -0.1) is 0 Å². The van der Waals surface area contributed by atoms with E-state index in [-0.39, 0.29) is 11.9 Å². The number of H-pyrrole nitrogens is 1. The first-order valence-electron chi connectivity index (χ1n) is 11.9. The van der Waals surface area contributed by atoms with Crippen molar-refractivity contribution in [2.24, 2.45) is 11.7 Å². The number of benzene rings is 1. The number of hydrogen-bond donors (Lipinski definition) is 4. The molecule has 6 heterocycles. The third-order valence-corrected chi connectivity index (χ3v) is 7.45. The van der Waals surface area contributed by atoms with Crippen LogP contribution in [0.4, 0.5) is 27.5 Å². The summed E-state index contributed by atoms with van der Waals surface area (Å²) in [5, 5.41) is 12.3. The van der Waals surface area contributed by atoms with Crippen LogP contribution in [0.3, 0.4) is 0 Å². The molecule has 1 saturated carbocycles. The Morgan fingerprint density at radius 2 is 2.11 bits per heavy atom. The maximum atomic E-state index is 14.6. The Bertz CT molecular complexity index is 1590. The average molecular weight is 473 g/mol. The molecule has 11 heteroatoms. The number of nitrogens with zero attached hydrogens (tertiary/aromatic N) is 6. The van der Waals surface area contributed by atoms with Crippen molar-refractivity contribution in [3.05, 3.63) is 42.6 Å². The van der Waals surface area contributed by atoms with E-state index in [1.165, 1.54) is 6.07 Å². The lowest BCUT2D eigenvalue weighted by Crippen LogP contribution is -2.57. The van der Waals surface area contributed by atoms with Crippen molar-refractivity contribution < 1.29 is 4.39 Å². The maximum Gasteiger partial charge on any atom is 0.231 e. The first kappa shape index (κ1) is 20.4. The highest BCUT2D eigenvalue weighted by Gasteiger charge is 2.40. The molecular formula is C24H25FN10. The van der Waals surface area contributed by atoms with Crippen LogP contribution in [0.25, 0.3) is 27.6 Å². The highest BCUT2D eigenvalue weighted by molar-refractivity contribution is 6.15. The fourth-order valence-electron chi connectivity index (χ4n) is 5.73. The predicted octanol–water partition coefficient (Wildman–Crippen LogP) is 3.39. The summed E-state index contributed by atoms with van der Waals surface area (Å²) in [6.07, 6.45) is 8.34. The lowest BCUT2D eigenvalue weighted by atomic mass is 9.76. The number of nitrogens with one attached hydrogen (secondary N) is 3. The Hall–Kier alpha value is -3.99. The number of piperidine rings is 2. The lowest BCUT2D eigenvalue weighted by Gasteiger charge is -2.49. The molecule has 5 N–H and O–H groups in total. The predicted molar refractivity (Wildman–Crippen MR) is 134 cm³/mol. The summed E-state index contributed by atoms with van der Waals surface area (Å²) in [5.74, 6) is 1.35. The zero-order chi connectivity index (χ0) is 23.7. The molecule has 3 fully saturated rings. The highest BCUT2D eigenvalue weighted by Crippen LogP contribution is 2.42. The number of aromatic nitrogens is 6. The summed E-state index contributed by atoms with van der Waals surface area (Å²) < 4.78 is 16.3. The van der Waals surface area contributed by atoms with E-state index in [1.54, 1.807) is 36.2 Å². The van der Waals surface area contributed by atoms with Crippen LogP contribution in [-0.4, -0.2) is 55.2 Å². The van der Waals surface area contributed by atoms with Crippen molar-refractivity contribution in [3.63, 3.8) is 0 Å². The number of aromatic amines is 1. The Balaban J connectivity index is 1.42. The van der Waals surface area contributed by atoms with Crippen LogP contribution in [0, 0.1) is 11.7 Å². The molecule has 3 atom stereocenters. The minimum absolute atomic E-state index is 0.212. The molecule has 2 saturated heterocycles. The van der Waals surface area contributed by atoms with Gasteiger partial charge in [-0.1, -0.05) is 0 Å². The molecule has 3 aliphatic rings. The van der Waals surface area contributed by atoms with Crippen molar-refractivity contribution in [2.75, 3.05) is 29.1 Å². The first-order chi connectivity index (χ1) is 17.1. The smallest absolute Gasteiger partial charge is 0.231 e. The van der Waals surface area contributed by atoms with E-state index in [9.17, 15) is 4.39 Å². The Morgan fingerprint density at radius 3 is 2.91 bits per heavy atom. The van der Waals surface area contributed by atoms with Crippen molar-refractivity contribution in [3.8, 4) is 0 Å². The van der Waals surface area contributed by atoms with Crippen LogP contribution in [-0.2, 0) is 0 Å². The van der Waals surface area contributed by atoms with E-state index in [0.29, 0.717) is 29.2 Å². The molecule has 2 aliphatic heterocycles. The van der Waals surface area contributed by atoms with Crippen LogP contribution in [0.2, 0.25) is 0 Å². The third-order valence-electron chi connectivity index (χ3n) is 7.45. The summed E-state index contributed by atoms with van der Waals surface area (Å²) in [6, 6.07) is 5.44. The fraction of sp³-hybridized carbons (Fsp3) is 0.333. The minimum Gasteiger partial charge on any atom is -0.386 e. The maximum absolute atomic E-state index is 14.6. The first-order valence-corrected chi connectivity index (χ1v) is 11.9. The van der Waals surface area contributed by atoms with Crippen LogP contribution in [0.1, 0.15) is 19.3 Å². The summed E-state index contributed by atoms with van der Waals surface area (Å²) in [6.45, 7) is 0.833. The molecule has 10 nitrogen and oxygen atoms in total. The van der Waals surface area contributed by atoms with E-state index >= 15 is 0 Å². The van der Waals surface area contributed by atoms with Crippen molar-refractivity contribution in [1.29, 1.82) is 0 Å². The summed E-state index contributed by atoms with van der Waals surface area (Å²) in [4.78, 5) is 19.8. The second-order valence-corrected chi connectivity index (χ2v) is 9.49. The van der Waals surface area contributed by atoms with Gasteiger partial charge in [-0.25, -0.2) is 13.9 Å². The molecule has 0 radical (unpaired) electrons. The molecule has 178 valence electrons. The number of rotatable bonds is 4. The molecule has 2 bridgehead atoms. The zero-order valence-corrected chi connectivity index (χ0v) is 19.2. The second-order valence-electron chi connectivity index (χ2n) is 9.49. The van der Waals surface area contributed by atoms with Crippen LogP contribution < -0.4 is 21.3 Å². The van der Waals surface area contributed by atoms with Gasteiger partial charge in [0.1, 0.15) is 17.3 Å². The Morgan fingerprint density at radius 1 is 1.20 bits per heavy atom. The van der Waals surface area contributed by atoms with Gasteiger partial charge in [0, 0.05) is 49.5 Å². The van der Waals surface area contributed by atoms with E-state index in [0.717, 1.165) is 59.2 Å². The standard InChI is InChI=1S/C24H25FN10/c1-27-18-7-13(25)6-16-20-22(31-21(16)18)32-24(30-14-8-19-28-4-5-35(19)29-10-14)33-23(20)34-11-12-2-3-15(34)9-17(12)26/h4-8,10,12,15,17,27H,2-3,9,11,26H2,1H3,(H2,30,31,32,33). The van der Waals surface area contributed by atoms with Gasteiger partial charge in [0.05, 0.1) is 28.5 Å². The summed E-state index contributed by atoms with van der Waals surface area (Å²) in [7, 11) is 1.78. The molecule has 35 heavy (non-hydrogen) atoms. The van der Waals surface area contributed by atoms with Gasteiger partial charge in [-0.3, -0.25) is 0 Å². The Kier molecular flexibility index (Phi) is 4.37. The quantitative estimate of drug-likeness (QED) is 0.314. The molecule has 4 aromatic heterocycles. The molecule has 8 rings (SSSR count). The average Bonchev–Trinajstić information content (AvgIpc) is 3.47. The highest BCUT2D eigenvalue weighted by atomic mass is 19.1. The minimum atomic E-state index is -0.308. The van der Waals surface area contributed by atoms with Gasteiger partial charge in [0.25, 0.3) is 0 Å². The molecule has 0 amide bonds. The van der Waals surface area contributed by atoms with E-state index < -0.39 is 0 Å². The summed E-state index contributed by atoms with van der Waals surface area (Å²) in [5.41, 5.74) is 10.00. The number of hydrogen-bond acceptors (Lipinski definition) is 8. The zero-order valence-electron chi connectivity index (χ0n) is 19.2. The van der Waals surface area contributed by atoms with Gasteiger partial charge in [0.15, 0.2) is 5.65 Å². The second kappa shape index (κ2) is 7.51. The largest absolute Gasteiger partial charge is 0.386 e. The van der Waals surface area contributed by atoms with Crippen molar-refractivity contribution >= 4 is 50.7 Å². The molecule has 1 aliphatic carbocycles. The van der Waals surface area contributed by atoms with E-state index in [1.807, 2.05) is 6.07 Å². The van der Waals surface area contributed by atoms with E-state index in [4.69, 9.17) is 15.7 Å². The number of halogens is 1. The SMILES string of the molecule is CNc1cc(F)cc2c1[nH]c1nc(Nc3cnn4ccnc4c3)nc(N3CC4CCC3CC4N)c12. The third kappa shape index (κ3) is 3.18. The monoisotopic (exact) mass is 472 g/mol. The topological polar surface area (TPSA) is 125 Å². The van der Waals surface area contributed by atoms with Gasteiger partial charge in [-0.05, 0) is 37.3 Å². The van der Waals surface area contributed by atoms with Gasteiger partial charge in [-0.2, -0.15) is 15.1 Å². The molecular weight excluding hydrogens is 447 g/mol. The van der Waals surface area contributed by atoms with Crippen molar-refractivity contribution in [2.45, 2.75) is 31.3 Å². The van der Waals surface area contributed by atoms with Gasteiger partial charge >= 0.3 is 0 Å². The molecule has 1 aromatic carbocycles. The van der Waals surface area contributed by atoms with E-state index in [2.05, 4.69) is 30.6 Å². The number of fused-ring (bicyclic) bond motifs is 7. The number of nitrogens with two attached hydrogens (primary N) is 1. The Labute approximate surface area is 199 Å². The molecule has 5 aromatic rings. The van der Waals surface area contributed by atoms with Crippen LogP contribution >= 0.6 is 0 Å². The van der Waals surface area contributed by atoms with Gasteiger partial charge < -0.3 is 26.3 Å². The summed E-state index contributed by atoms with van der Waals surface area (Å²) >= 11 is 0. The normalized spacial score (nSPS) is 21.9.